The molecule has 3 rings (SSSR count). The van der Waals surface area contributed by atoms with Crippen LogP contribution in [-0.2, 0) is 4.79 Å². The van der Waals surface area contributed by atoms with E-state index in [1.165, 1.54) is 0 Å². The second-order valence-electron chi connectivity index (χ2n) is 4.12. The van der Waals surface area contributed by atoms with E-state index in [0.29, 0.717) is 12.0 Å². The molecule has 3 fully saturated rings. The van der Waals surface area contributed by atoms with Crippen LogP contribution in [0.1, 0.15) is 19.3 Å². The van der Waals surface area contributed by atoms with Crippen LogP contribution >= 0.6 is 0 Å². The van der Waals surface area contributed by atoms with Gasteiger partial charge < -0.3 is 10.2 Å². The first-order chi connectivity index (χ1) is 6.16. The highest BCUT2D eigenvalue weighted by molar-refractivity contribution is 5.69. The van der Waals surface area contributed by atoms with Crippen LogP contribution in [0.5, 0.6) is 0 Å². The number of hydrogen-bond donors (Lipinski definition) is 2. The highest BCUT2D eigenvalue weighted by Crippen LogP contribution is 2.34. The van der Waals surface area contributed by atoms with E-state index < -0.39 is 5.97 Å². The summed E-state index contributed by atoms with van der Waals surface area (Å²) in [6, 6.07) is 0.302. The topological polar surface area (TPSA) is 60.8 Å². The third-order valence-corrected chi connectivity index (χ3v) is 3.25. The van der Waals surface area contributed by atoms with E-state index in [9.17, 15) is 9.90 Å². The Morgan fingerprint density at radius 2 is 2.23 bits per heavy atom. The molecule has 13 heavy (non-hydrogen) atoms. The summed E-state index contributed by atoms with van der Waals surface area (Å²) in [5.74, 6) is -0.452. The zero-order chi connectivity index (χ0) is 9.42. The van der Waals surface area contributed by atoms with Gasteiger partial charge in [-0.1, -0.05) is 0 Å². The fraction of sp³-hybridized carbons (Fsp3) is 0.889. The quantitative estimate of drug-likeness (QED) is 0.631. The molecule has 0 amide bonds. The normalized spacial score (nSPS) is 39.3. The zero-order valence-corrected chi connectivity index (χ0v) is 7.52. The Balaban J connectivity index is 1.98. The maximum Gasteiger partial charge on any atom is 0.317 e. The number of piperidine rings is 2. The van der Waals surface area contributed by atoms with E-state index in [1.807, 2.05) is 4.90 Å². The molecule has 0 radical (unpaired) electrons. The van der Waals surface area contributed by atoms with Crippen LogP contribution in [0, 0.1) is 5.92 Å². The maximum absolute atomic E-state index is 10.5. The van der Waals surface area contributed by atoms with E-state index in [0.717, 1.165) is 25.8 Å². The van der Waals surface area contributed by atoms with Crippen molar-refractivity contribution in [3.63, 3.8) is 0 Å². The predicted molar refractivity (Wildman–Crippen MR) is 46.3 cm³/mol. The summed E-state index contributed by atoms with van der Waals surface area (Å²) in [5, 5.41) is 18.2. The van der Waals surface area contributed by atoms with Gasteiger partial charge >= 0.3 is 5.97 Å². The van der Waals surface area contributed by atoms with E-state index in [4.69, 9.17) is 5.11 Å². The molecule has 1 saturated carbocycles. The number of carboxylic acid groups (broad SMARTS) is 1. The average Bonchev–Trinajstić information content (AvgIpc) is 2.05. The summed E-state index contributed by atoms with van der Waals surface area (Å²) in [4.78, 5) is 12.5. The number of aliphatic hydroxyl groups is 1. The maximum atomic E-state index is 10.5. The van der Waals surface area contributed by atoms with Crippen molar-refractivity contribution in [2.75, 3.05) is 13.1 Å². The Hall–Kier alpha value is -0.610. The molecule has 3 aliphatic rings. The number of nitrogens with zero attached hydrogens (tertiary/aromatic N) is 1. The van der Waals surface area contributed by atoms with Crippen molar-refractivity contribution in [1.82, 2.24) is 4.90 Å². The number of rotatable bonds is 2. The van der Waals surface area contributed by atoms with Crippen LogP contribution in [-0.4, -0.2) is 46.3 Å². The van der Waals surface area contributed by atoms with Crippen molar-refractivity contribution in [3.8, 4) is 0 Å². The Morgan fingerprint density at radius 1 is 1.46 bits per heavy atom. The Labute approximate surface area is 77.2 Å². The van der Waals surface area contributed by atoms with Gasteiger partial charge in [0.2, 0.25) is 0 Å². The lowest BCUT2D eigenvalue weighted by molar-refractivity contribution is -0.142. The highest BCUT2D eigenvalue weighted by atomic mass is 16.4. The van der Waals surface area contributed by atoms with Gasteiger partial charge in [0.25, 0.3) is 0 Å². The molecule has 0 aromatic rings. The lowest BCUT2D eigenvalue weighted by Crippen LogP contribution is -2.55. The number of aliphatic carboxylic acids is 1. The molecule has 4 heteroatoms. The molecule has 74 valence electrons. The van der Waals surface area contributed by atoms with Crippen LogP contribution in [0.25, 0.3) is 0 Å². The zero-order valence-electron chi connectivity index (χ0n) is 7.52. The minimum Gasteiger partial charge on any atom is -0.480 e. The molecular formula is C9H15NO3. The number of carboxylic acids is 1. The SMILES string of the molecule is O=C(O)CN1CC2CCC1CC2O. The number of hydrogen-bond acceptors (Lipinski definition) is 3. The van der Waals surface area contributed by atoms with Crippen LogP contribution in [0.2, 0.25) is 0 Å². The smallest absolute Gasteiger partial charge is 0.317 e. The molecular weight excluding hydrogens is 170 g/mol. The summed E-state index contributed by atoms with van der Waals surface area (Å²) in [5.41, 5.74) is 0. The van der Waals surface area contributed by atoms with Crippen molar-refractivity contribution in [1.29, 1.82) is 0 Å². The molecule has 3 atom stereocenters. The lowest BCUT2D eigenvalue weighted by Gasteiger charge is -2.47. The summed E-state index contributed by atoms with van der Waals surface area (Å²) in [7, 11) is 0. The number of fused-ring (bicyclic) bond motifs is 3. The minimum atomic E-state index is -0.762. The Morgan fingerprint density at radius 3 is 2.69 bits per heavy atom. The minimum absolute atomic E-state index is 0.133. The van der Waals surface area contributed by atoms with Gasteiger partial charge in [0.15, 0.2) is 0 Å². The molecule has 2 bridgehead atoms. The Kier molecular flexibility index (Phi) is 2.26. The summed E-state index contributed by atoms with van der Waals surface area (Å²) < 4.78 is 0. The van der Waals surface area contributed by atoms with E-state index >= 15 is 0 Å². The van der Waals surface area contributed by atoms with Crippen molar-refractivity contribution < 1.29 is 15.0 Å². The molecule has 0 aromatic carbocycles. The lowest BCUT2D eigenvalue weighted by atomic mass is 9.78. The van der Waals surface area contributed by atoms with Gasteiger partial charge in [-0.25, -0.2) is 0 Å². The molecule has 4 nitrogen and oxygen atoms in total. The third kappa shape index (κ3) is 1.69. The predicted octanol–water partition coefficient (Wildman–Crippen LogP) is -0.0838. The van der Waals surface area contributed by atoms with Gasteiger partial charge in [-0.05, 0) is 25.2 Å². The molecule has 2 N–H and O–H groups in total. The molecule has 2 aliphatic heterocycles. The number of carbonyl (C=O) groups is 1. The first-order valence-corrected chi connectivity index (χ1v) is 4.80. The summed E-state index contributed by atoms with van der Waals surface area (Å²) in [6.07, 6.45) is 2.68. The third-order valence-electron chi connectivity index (χ3n) is 3.25. The van der Waals surface area contributed by atoms with E-state index in [-0.39, 0.29) is 12.6 Å². The van der Waals surface area contributed by atoms with Crippen LogP contribution in [0.15, 0.2) is 0 Å². The molecule has 0 spiro atoms. The van der Waals surface area contributed by atoms with Crippen molar-refractivity contribution >= 4 is 5.97 Å². The van der Waals surface area contributed by atoms with Crippen LogP contribution in [0.3, 0.4) is 0 Å². The van der Waals surface area contributed by atoms with Gasteiger partial charge in [-0.15, -0.1) is 0 Å². The average molecular weight is 185 g/mol. The van der Waals surface area contributed by atoms with Crippen molar-refractivity contribution in [2.24, 2.45) is 5.92 Å². The van der Waals surface area contributed by atoms with Gasteiger partial charge in [0, 0.05) is 12.6 Å². The molecule has 3 unspecified atom stereocenters. The van der Waals surface area contributed by atoms with Crippen LogP contribution < -0.4 is 0 Å². The summed E-state index contributed by atoms with van der Waals surface area (Å²) >= 11 is 0. The molecule has 1 aliphatic carbocycles. The first kappa shape index (κ1) is 8.97. The Bertz CT molecular complexity index is 219. The van der Waals surface area contributed by atoms with Gasteiger partial charge in [0.05, 0.1) is 12.6 Å². The fourth-order valence-corrected chi connectivity index (χ4v) is 2.55. The highest BCUT2D eigenvalue weighted by Gasteiger charge is 2.39. The van der Waals surface area contributed by atoms with E-state index in [2.05, 4.69) is 0 Å². The van der Waals surface area contributed by atoms with Crippen molar-refractivity contribution in [2.45, 2.75) is 31.4 Å². The van der Waals surface area contributed by atoms with E-state index in [1.54, 1.807) is 0 Å². The second-order valence-corrected chi connectivity index (χ2v) is 4.12. The summed E-state index contributed by atoms with van der Waals surface area (Å²) in [6.45, 7) is 0.895. The van der Waals surface area contributed by atoms with Crippen LogP contribution in [0.4, 0.5) is 0 Å². The molecule has 2 heterocycles. The fourth-order valence-electron chi connectivity index (χ4n) is 2.55. The monoisotopic (exact) mass is 185 g/mol. The standard InChI is InChI=1S/C9H15NO3/c11-8-3-7-2-1-6(8)4-10(7)5-9(12)13/h6-8,11H,1-5H2,(H,12,13). The van der Waals surface area contributed by atoms with Crippen molar-refractivity contribution in [3.05, 3.63) is 0 Å². The molecule has 0 aromatic heterocycles. The first-order valence-electron chi connectivity index (χ1n) is 4.80. The molecule has 2 saturated heterocycles. The number of aliphatic hydroxyl groups excluding tert-OH is 1. The largest absolute Gasteiger partial charge is 0.480 e. The van der Waals surface area contributed by atoms with Gasteiger partial charge in [-0.2, -0.15) is 0 Å². The van der Waals surface area contributed by atoms with Gasteiger partial charge in [-0.3, -0.25) is 9.69 Å². The second kappa shape index (κ2) is 3.27. The van der Waals surface area contributed by atoms with Gasteiger partial charge in [0.1, 0.15) is 0 Å².